The average molecular weight is 237 g/mol. The van der Waals surface area contributed by atoms with Crippen molar-refractivity contribution in [1.82, 2.24) is 15.5 Å². The van der Waals surface area contributed by atoms with Crippen LogP contribution in [0.3, 0.4) is 0 Å². The molecule has 2 N–H and O–H groups in total. The lowest BCUT2D eigenvalue weighted by atomic mass is 9.91. The average Bonchev–Trinajstić information content (AvgIpc) is 3.09. The molecule has 2 aliphatic heterocycles. The van der Waals surface area contributed by atoms with Crippen LogP contribution >= 0.6 is 0 Å². The molecule has 0 radical (unpaired) electrons. The highest BCUT2D eigenvalue weighted by Crippen LogP contribution is 2.27. The second-order valence-corrected chi connectivity index (χ2v) is 5.68. The van der Waals surface area contributed by atoms with E-state index in [9.17, 15) is 4.79 Å². The number of piperidine rings is 1. The first-order valence-electron chi connectivity index (χ1n) is 7.10. The Bertz CT molecular complexity index is 290. The van der Waals surface area contributed by atoms with Crippen molar-refractivity contribution in [2.45, 2.75) is 44.2 Å². The fourth-order valence-electron chi connectivity index (χ4n) is 3.19. The van der Waals surface area contributed by atoms with Gasteiger partial charge >= 0.3 is 0 Å². The molecule has 96 valence electrons. The van der Waals surface area contributed by atoms with Gasteiger partial charge in [-0.3, -0.25) is 9.69 Å². The molecule has 0 spiro atoms. The van der Waals surface area contributed by atoms with Gasteiger partial charge in [0, 0.05) is 18.6 Å². The first-order valence-corrected chi connectivity index (χ1v) is 7.10. The lowest BCUT2D eigenvalue weighted by Crippen LogP contribution is -2.46. The largest absolute Gasteiger partial charge is 0.354 e. The number of rotatable bonds is 5. The van der Waals surface area contributed by atoms with Gasteiger partial charge in [0.2, 0.25) is 5.91 Å². The first kappa shape index (κ1) is 11.5. The molecular formula is C13H23N3O. The third kappa shape index (κ3) is 2.63. The van der Waals surface area contributed by atoms with Gasteiger partial charge in [-0.05, 0) is 51.7 Å². The van der Waals surface area contributed by atoms with Crippen LogP contribution in [0.5, 0.6) is 0 Å². The van der Waals surface area contributed by atoms with Crippen molar-refractivity contribution in [3.05, 3.63) is 0 Å². The highest BCUT2D eigenvalue weighted by atomic mass is 16.2. The Morgan fingerprint density at radius 2 is 2.24 bits per heavy atom. The molecular weight excluding hydrogens is 214 g/mol. The Kier molecular flexibility index (Phi) is 3.34. The van der Waals surface area contributed by atoms with E-state index in [1.54, 1.807) is 0 Å². The van der Waals surface area contributed by atoms with Crippen molar-refractivity contribution in [3.8, 4) is 0 Å². The normalized spacial score (nSPS) is 33.5. The summed E-state index contributed by atoms with van der Waals surface area (Å²) in [5, 5.41) is 6.57. The van der Waals surface area contributed by atoms with E-state index in [0.717, 1.165) is 32.1 Å². The fraction of sp³-hybridized carbons (Fsp3) is 0.923. The summed E-state index contributed by atoms with van der Waals surface area (Å²) < 4.78 is 0. The predicted octanol–water partition coefficient (Wildman–Crippen LogP) is 0.339. The standard InChI is InChI=1S/C13H23N3O/c17-13-11-3-1-7-16(12(11)9-15-13)8-2-6-14-10-4-5-10/h10-12,14H,1-9H2,(H,15,17). The fourth-order valence-corrected chi connectivity index (χ4v) is 3.19. The summed E-state index contributed by atoms with van der Waals surface area (Å²) in [6, 6.07) is 1.30. The van der Waals surface area contributed by atoms with Crippen LogP contribution in [0.4, 0.5) is 0 Å². The summed E-state index contributed by atoms with van der Waals surface area (Å²) >= 11 is 0. The van der Waals surface area contributed by atoms with Crippen molar-refractivity contribution in [1.29, 1.82) is 0 Å². The van der Waals surface area contributed by atoms with Crippen LogP contribution in [-0.2, 0) is 4.79 Å². The SMILES string of the molecule is O=C1NCC2C1CCCN2CCCNC1CC1. The number of likely N-dealkylation sites (tertiary alicyclic amines) is 1. The van der Waals surface area contributed by atoms with E-state index in [1.807, 2.05) is 0 Å². The number of carbonyl (C=O) groups is 1. The van der Waals surface area contributed by atoms with Crippen molar-refractivity contribution in [3.63, 3.8) is 0 Å². The van der Waals surface area contributed by atoms with Crippen LogP contribution in [0.15, 0.2) is 0 Å². The summed E-state index contributed by atoms with van der Waals surface area (Å²) in [6.07, 6.45) is 6.23. The molecule has 3 aliphatic rings. The molecule has 0 aromatic heterocycles. The van der Waals surface area contributed by atoms with Crippen LogP contribution in [-0.4, -0.2) is 49.1 Å². The van der Waals surface area contributed by atoms with Crippen molar-refractivity contribution < 1.29 is 4.79 Å². The Labute approximate surface area is 103 Å². The van der Waals surface area contributed by atoms with Crippen LogP contribution in [0.25, 0.3) is 0 Å². The zero-order chi connectivity index (χ0) is 11.7. The number of fused-ring (bicyclic) bond motifs is 1. The molecule has 2 atom stereocenters. The van der Waals surface area contributed by atoms with Crippen LogP contribution < -0.4 is 10.6 Å². The van der Waals surface area contributed by atoms with Crippen molar-refractivity contribution in [2.75, 3.05) is 26.2 Å². The number of amides is 1. The number of hydrogen-bond acceptors (Lipinski definition) is 3. The van der Waals surface area contributed by atoms with E-state index >= 15 is 0 Å². The Hall–Kier alpha value is -0.610. The lowest BCUT2D eigenvalue weighted by molar-refractivity contribution is -0.124. The van der Waals surface area contributed by atoms with E-state index < -0.39 is 0 Å². The van der Waals surface area contributed by atoms with E-state index in [4.69, 9.17) is 0 Å². The summed E-state index contributed by atoms with van der Waals surface area (Å²) in [5.41, 5.74) is 0. The van der Waals surface area contributed by atoms with Gasteiger partial charge in [0.1, 0.15) is 0 Å². The minimum absolute atomic E-state index is 0.278. The minimum Gasteiger partial charge on any atom is -0.354 e. The monoisotopic (exact) mass is 237 g/mol. The summed E-state index contributed by atoms with van der Waals surface area (Å²) in [7, 11) is 0. The smallest absolute Gasteiger partial charge is 0.224 e. The number of nitrogens with one attached hydrogen (secondary N) is 2. The minimum atomic E-state index is 0.278. The molecule has 1 saturated carbocycles. The maximum Gasteiger partial charge on any atom is 0.224 e. The molecule has 0 aromatic carbocycles. The quantitative estimate of drug-likeness (QED) is 0.678. The van der Waals surface area contributed by atoms with Gasteiger partial charge in [0.15, 0.2) is 0 Å². The molecule has 2 saturated heterocycles. The zero-order valence-electron chi connectivity index (χ0n) is 10.5. The van der Waals surface area contributed by atoms with Gasteiger partial charge in [0.05, 0.1) is 5.92 Å². The predicted molar refractivity (Wildman–Crippen MR) is 66.7 cm³/mol. The lowest BCUT2D eigenvalue weighted by Gasteiger charge is -2.35. The van der Waals surface area contributed by atoms with Gasteiger partial charge < -0.3 is 10.6 Å². The Balaban J connectivity index is 1.43. The van der Waals surface area contributed by atoms with Crippen LogP contribution in [0.1, 0.15) is 32.1 Å². The van der Waals surface area contributed by atoms with Crippen LogP contribution in [0, 0.1) is 5.92 Å². The molecule has 3 rings (SSSR count). The van der Waals surface area contributed by atoms with Crippen molar-refractivity contribution in [2.24, 2.45) is 5.92 Å². The second-order valence-electron chi connectivity index (χ2n) is 5.68. The molecule has 3 fully saturated rings. The van der Waals surface area contributed by atoms with Gasteiger partial charge in [-0.15, -0.1) is 0 Å². The highest BCUT2D eigenvalue weighted by molar-refractivity contribution is 5.82. The molecule has 2 heterocycles. The van der Waals surface area contributed by atoms with Gasteiger partial charge in [-0.25, -0.2) is 0 Å². The molecule has 2 unspecified atom stereocenters. The molecule has 0 bridgehead atoms. The van der Waals surface area contributed by atoms with Gasteiger partial charge in [-0.2, -0.15) is 0 Å². The Morgan fingerprint density at radius 3 is 3.06 bits per heavy atom. The third-order valence-electron chi connectivity index (χ3n) is 4.35. The van der Waals surface area contributed by atoms with Crippen LogP contribution in [0.2, 0.25) is 0 Å². The summed E-state index contributed by atoms with van der Waals surface area (Å²) in [4.78, 5) is 14.2. The number of carbonyl (C=O) groups excluding carboxylic acids is 1. The molecule has 4 nitrogen and oxygen atoms in total. The second kappa shape index (κ2) is 4.94. The topological polar surface area (TPSA) is 44.4 Å². The van der Waals surface area contributed by atoms with Gasteiger partial charge in [-0.1, -0.05) is 0 Å². The van der Waals surface area contributed by atoms with E-state index in [1.165, 1.54) is 32.2 Å². The van der Waals surface area contributed by atoms with E-state index in [0.29, 0.717) is 6.04 Å². The molecule has 1 amide bonds. The summed E-state index contributed by atoms with van der Waals surface area (Å²) in [6.45, 7) is 4.34. The maximum absolute atomic E-state index is 11.6. The van der Waals surface area contributed by atoms with E-state index in [-0.39, 0.29) is 11.8 Å². The third-order valence-corrected chi connectivity index (χ3v) is 4.35. The van der Waals surface area contributed by atoms with Gasteiger partial charge in [0.25, 0.3) is 0 Å². The Morgan fingerprint density at radius 1 is 1.35 bits per heavy atom. The molecule has 4 heteroatoms. The number of nitrogens with zero attached hydrogens (tertiary/aromatic N) is 1. The molecule has 0 aromatic rings. The molecule has 17 heavy (non-hydrogen) atoms. The molecule has 1 aliphatic carbocycles. The number of hydrogen-bond donors (Lipinski definition) is 2. The highest BCUT2D eigenvalue weighted by Gasteiger charge is 2.40. The zero-order valence-corrected chi connectivity index (χ0v) is 10.5. The first-order chi connectivity index (χ1) is 8.34. The summed E-state index contributed by atoms with van der Waals surface area (Å²) in [5.74, 6) is 0.566. The van der Waals surface area contributed by atoms with Crippen molar-refractivity contribution >= 4 is 5.91 Å². The maximum atomic E-state index is 11.6. The van der Waals surface area contributed by atoms with E-state index in [2.05, 4.69) is 15.5 Å².